The molecule has 2 heterocycles. The first-order valence-corrected chi connectivity index (χ1v) is 9.34. The lowest BCUT2D eigenvalue weighted by molar-refractivity contribution is -0.129. The number of aryl methyl sites for hydroxylation is 1. The molecule has 1 aliphatic heterocycles. The van der Waals surface area contributed by atoms with E-state index in [9.17, 15) is 9.59 Å². The fourth-order valence-electron chi connectivity index (χ4n) is 2.65. The zero-order chi connectivity index (χ0) is 17.6. The van der Waals surface area contributed by atoms with Gasteiger partial charge in [0.05, 0.1) is 12.6 Å². The Kier molecular flexibility index (Phi) is 6.07. The molecule has 2 aromatic rings. The number of morpholine rings is 1. The number of nitrogens with one attached hydrogen (secondary N) is 1. The summed E-state index contributed by atoms with van der Waals surface area (Å²) in [5, 5.41) is 5.47. The van der Waals surface area contributed by atoms with Crippen LogP contribution in [0.5, 0.6) is 0 Å². The third-order valence-electron chi connectivity index (χ3n) is 3.96. The third-order valence-corrected chi connectivity index (χ3v) is 5.13. The summed E-state index contributed by atoms with van der Waals surface area (Å²) >= 11 is 7.65. The first-order valence-electron chi connectivity index (χ1n) is 8.08. The van der Waals surface area contributed by atoms with E-state index in [0.717, 1.165) is 12.1 Å². The van der Waals surface area contributed by atoms with Gasteiger partial charge in [0, 0.05) is 28.6 Å². The van der Waals surface area contributed by atoms with E-state index in [-0.39, 0.29) is 24.5 Å². The third kappa shape index (κ3) is 5.04. The highest BCUT2D eigenvalue weighted by Crippen LogP contribution is 2.22. The molecule has 1 aromatic carbocycles. The van der Waals surface area contributed by atoms with Crippen LogP contribution in [-0.2, 0) is 20.7 Å². The van der Waals surface area contributed by atoms with Crippen LogP contribution in [0.1, 0.15) is 11.3 Å². The second-order valence-electron chi connectivity index (χ2n) is 5.80. The molecular weight excluding hydrogens is 360 g/mol. The largest absolute Gasteiger partial charge is 0.365 e. The van der Waals surface area contributed by atoms with Gasteiger partial charge in [0.1, 0.15) is 6.61 Å². The number of amides is 2. The number of carbonyl (C=O) groups is 2. The van der Waals surface area contributed by atoms with Crippen molar-refractivity contribution in [3.05, 3.63) is 51.7 Å². The zero-order valence-electron chi connectivity index (χ0n) is 13.6. The molecule has 1 atom stereocenters. The normalized spacial score (nSPS) is 17.6. The summed E-state index contributed by atoms with van der Waals surface area (Å²) in [7, 11) is 0. The molecule has 0 spiro atoms. The van der Waals surface area contributed by atoms with Crippen LogP contribution in [0, 0.1) is 0 Å². The summed E-state index contributed by atoms with van der Waals surface area (Å²) < 4.78 is 5.54. The number of hydrogen-bond acceptors (Lipinski definition) is 4. The molecule has 0 saturated carbocycles. The van der Waals surface area contributed by atoms with E-state index >= 15 is 0 Å². The highest BCUT2D eigenvalue weighted by Gasteiger charge is 2.27. The Labute approximate surface area is 155 Å². The predicted molar refractivity (Wildman–Crippen MR) is 99.2 cm³/mol. The minimum absolute atomic E-state index is 0.00223. The average molecular weight is 379 g/mol. The van der Waals surface area contributed by atoms with Crippen molar-refractivity contribution >= 4 is 40.4 Å². The Hall–Kier alpha value is -1.89. The van der Waals surface area contributed by atoms with Crippen LogP contribution in [0.4, 0.5) is 5.69 Å². The Morgan fingerprint density at radius 3 is 3.00 bits per heavy atom. The van der Waals surface area contributed by atoms with Crippen LogP contribution < -0.4 is 10.2 Å². The topological polar surface area (TPSA) is 58.6 Å². The molecule has 1 fully saturated rings. The maximum absolute atomic E-state index is 12.1. The van der Waals surface area contributed by atoms with Crippen molar-refractivity contribution in [2.75, 3.05) is 24.6 Å². The lowest BCUT2D eigenvalue weighted by atomic mass is 10.2. The van der Waals surface area contributed by atoms with Crippen LogP contribution in [-0.4, -0.2) is 37.6 Å². The van der Waals surface area contributed by atoms with E-state index in [1.54, 1.807) is 28.4 Å². The molecule has 132 valence electrons. The molecule has 1 aromatic heterocycles. The number of rotatable bonds is 6. The summed E-state index contributed by atoms with van der Waals surface area (Å²) in [6.45, 7) is 0.778. The maximum atomic E-state index is 12.1. The molecule has 25 heavy (non-hydrogen) atoms. The molecule has 2 amide bonds. The summed E-state index contributed by atoms with van der Waals surface area (Å²) in [5.41, 5.74) is 0.745. The molecule has 7 heteroatoms. The minimum atomic E-state index is -0.234. The molecule has 5 nitrogen and oxygen atoms in total. The maximum Gasteiger partial charge on any atom is 0.253 e. The molecule has 3 rings (SSSR count). The number of ether oxygens (including phenoxy) is 1. The van der Waals surface area contributed by atoms with Crippen molar-refractivity contribution in [1.29, 1.82) is 0 Å². The molecule has 0 bridgehead atoms. The zero-order valence-corrected chi connectivity index (χ0v) is 15.2. The number of thiophene rings is 1. The second kappa shape index (κ2) is 8.47. The Morgan fingerprint density at radius 2 is 2.24 bits per heavy atom. The van der Waals surface area contributed by atoms with Gasteiger partial charge in [-0.05, 0) is 36.1 Å². The first-order chi connectivity index (χ1) is 12.1. The fraction of sp³-hybridized carbons (Fsp3) is 0.333. The minimum Gasteiger partial charge on any atom is -0.365 e. The standard InChI is InChI=1S/C18H19ClN2O3S/c19-13-3-1-4-14(9-13)21-11-15(24-12-18(21)23)10-20-17(22)7-6-16-5-2-8-25-16/h1-5,8-9,15H,6-7,10-12H2,(H,20,22). The molecule has 1 unspecified atom stereocenters. The van der Waals surface area contributed by atoms with Gasteiger partial charge in [0.25, 0.3) is 5.91 Å². The van der Waals surface area contributed by atoms with Gasteiger partial charge in [-0.2, -0.15) is 0 Å². The van der Waals surface area contributed by atoms with Crippen molar-refractivity contribution in [2.45, 2.75) is 18.9 Å². The quantitative estimate of drug-likeness (QED) is 0.840. The first kappa shape index (κ1) is 17.9. The van der Waals surface area contributed by atoms with Gasteiger partial charge in [0.15, 0.2) is 0 Å². The van der Waals surface area contributed by atoms with E-state index in [0.29, 0.717) is 24.5 Å². The van der Waals surface area contributed by atoms with Crippen molar-refractivity contribution < 1.29 is 14.3 Å². The van der Waals surface area contributed by atoms with Crippen molar-refractivity contribution in [1.82, 2.24) is 5.32 Å². The van der Waals surface area contributed by atoms with Crippen LogP contribution >= 0.6 is 22.9 Å². The highest BCUT2D eigenvalue weighted by atomic mass is 35.5. The van der Waals surface area contributed by atoms with Gasteiger partial charge < -0.3 is 15.0 Å². The molecule has 1 saturated heterocycles. The molecular formula is C18H19ClN2O3S. The molecule has 1 aliphatic rings. The van der Waals surface area contributed by atoms with Crippen LogP contribution in [0.15, 0.2) is 41.8 Å². The number of anilines is 1. The van der Waals surface area contributed by atoms with Crippen molar-refractivity contribution in [3.8, 4) is 0 Å². The average Bonchev–Trinajstić information content (AvgIpc) is 3.13. The summed E-state index contributed by atoms with van der Waals surface area (Å²) in [5.74, 6) is -0.120. The summed E-state index contributed by atoms with van der Waals surface area (Å²) in [6, 6.07) is 11.2. The van der Waals surface area contributed by atoms with Gasteiger partial charge >= 0.3 is 0 Å². The van der Waals surface area contributed by atoms with E-state index in [4.69, 9.17) is 16.3 Å². The monoisotopic (exact) mass is 378 g/mol. The van der Waals surface area contributed by atoms with Crippen LogP contribution in [0.2, 0.25) is 5.02 Å². The second-order valence-corrected chi connectivity index (χ2v) is 7.27. The van der Waals surface area contributed by atoms with Crippen molar-refractivity contribution in [2.24, 2.45) is 0 Å². The molecule has 0 radical (unpaired) electrons. The van der Waals surface area contributed by atoms with Gasteiger partial charge in [-0.15, -0.1) is 11.3 Å². The van der Waals surface area contributed by atoms with Gasteiger partial charge in [0.2, 0.25) is 5.91 Å². The van der Waals surface area contributed by atoms with Gasteiger partial charge in [-0.1, -0.05) is 23.7 Å². The molecule has 1 N–H and O–H groups in total. The van der Waals surface area contributed by atoms with Crippen molar-refractivity contribution in [3.63, 3.8) is 0 Å². The Bertz CT molecular complexity index is 736. The molecule has 0 aliphatic carbocycles. The van der Waals surface area contributed by atoms with Gasteiger partial charge in [-0.3, -0.25) is 9.59 Å². The van der Waals surface area contributed by atoms with E-state index in [2.05, 4.69) is 5.32 Å². The number of halogens is 1. The highest BCUT2D eigenvalue weighted by molar-refractivity contribution is 7.09. The van der Waals surface area contributed by atoms with E-state index in [1.807, 2.05) is 29.6 Å². The summed E-state index contributed by atoms with van der Waals surface area (Å²) in [6.07, 6.45) is 0.953. The van der Waals surface area contributed by atoms with Crippen LogP contribution in [0.25, 0.3) is 0 Å². The smallest absolute Gasteiger partial charge is 0.253 e. The lowest BCUT2D eigenvalue weighted by Crippen LogP contribution is -2.50. The predicted octanol–water partition coefficient (Wildman–Crippen LogP) is 2.88. The Balaban J connectivity index is 1.49. The number of benzene rings is 1. The Morgan fingerprint density at radius 1 is 1.36 bits per heavy atom. The number of carbonyl (C=O) groups excluding carboxylic acids is 2. The lowest BCUT2D eigenvalue weighted by Gasteiger charge is -2.33. The van der Waals surface area contributed by atoms with E-state index < -0.39 is 0 Å². The SMILES string of the molecule is O=C(CCc1cccs1)NCC1CN(c2cccc(Cl)c2)C(=O)CO1. The van der Waals surface area contributed by atoms with Crippen LogP contribution in [0.3, 0.4) is 0 Å². The number of nitrogens with zero attached hydrogens (tertiary/aromatic N) is 1. The van der Waals surface area contributed by atoms with Gasteiger partial charge in [-0.25, -0.2) is 0 Å². The fourth-order valence-corrected chi connectivity index (χ4v) is 3.54. The van der Waals surface area contributed by atoms with E-state index in [1.165, 1.54) is 4.88 Å². The summed E-state index contributed by atoms with van der Waals surface area (Å²) in [4.78, 5) is 26.9. The number of hydrogen-bond donors (Lipinski definition) is 1.